The van der Waals surface area contributed by atoms with Crippen LogP contribution in [-0.4, -0.2) is 52.4 Å². The third-order valence-electron chi connectivity index (χ3n) is 5.54. The van der Waals surface area contributed by atoms with Gasteiger partial charge in [0.25, 0.3) is 0 Å². The molecule has 5 nitrogen and oxygen atoms in total. The second-order valence-corrected chi connectivity index (χ2v) is 7.79. The molecule has 27 heavy (non-hydrogen) atoms. The van der Waals surface area contributed by atoms with Crippen LogP contribution in [0.1, 0.15) is 32.1 Å². The molecular formula is C21H27N5S. The number of nitrogens with zero attached hydrogens (tertiary/aromatic N) is 4. The van der Waals surface area contributed by atoms with Crippen molar-refractivity contribution in [1.82, 2.24) is 20.4 Å². The molecule has 0 bridgehead atoms. The fourth-order valence-corrected chi connectivity index (χ4v) is 4.26. The smallest absolute Gasteiger partial charge is 0.169 e. The van der Waals surface area contributed by atoms with Crippen LogP contribution in [0.4, 0.5) is 5.82 Å². The molecule has 0 atom stereocenters. The van der Waals surface area contributed by atoms with Crippen molar-refractivity contribution < 1.29 is 0 Å². The second kappa shape index (κ2) is 8.65. The Kier molecular flexibility index (Phi) is 5.82. The van der Waals surface area contributed by atoms with Crippen LogP contribution >= 0.6 is 12.2 Å². The van der Waals surface area contributed by atoms with Gasteiger partial charge in [-0.2, -0.15) is 0 Å². The maximum Gasteiger partial charge on any atom is 0.169 e. The molecule has 1 aromatic heterocycles. The number of hydrogen-bond donors (Lipinski definition) is 1. The van der Waals surface area contributed by atoms with Crippen molar-refractivity contribution >= 4 is 23.1 Å². The van der Waals surface area contributed by atoms with E-state index >= 15 is 0 Å². The third kappa shape index (κ3) is 4.56. The number of aromatic nitrogens is 2. The summed E-state index contributed by atoms with van der Waals surface area (Å²) in [5.41, 5.74) is 2.01. The maximum atomic E-state index is 5.65. The Morgan fingerprint density at radius 3 is 2.30 bits per heavy atom. The summed E-state index contributed by atoms with van der Waals surface area (Å²) in [5, 5.41) is 13.4. The zero-order chi connectivity index (χ0) is 18.5. The topological polar surface area (TPSA) is 44.3 Å². The molecule has 0 unspecified atom stereocenters. The van der Waals surface area contributed by atoms with Gasteiger partial charge in [0.15, 0.2) is 10.9 Å². The van der Waals surface area contributed by atoms with Gasteiger partial charge in [-0.1, -0.05) is 49.6 Å². The summed E-state index contributed by atoms with van der Waals surface area (Å²) in [7, 11) is 0. The lowest BCUT2D eigenvalue weighted by Gasteiger charge is -2.38. The number of hydrogen-bond acceptors (Lipinski definition) is 4. The average molecular weight is 382 g/mol. The summed E-state index contributed by atoms with van der Waals surface area (Å²) in [4.78, 5) is 4.59. The van der Waals surface area contributed by atoms with Crippen molar-refractivity contribution in [3.8, 4) is 11.3 Å². The van der Waals surface area contributed by atoms with E-state index in [1.165, 1.54) is 32.1 Å². The molecule has 0 radical (unpaired) electrons. The summed E-state index contributed by atoms with van der Waals surface area (Å²) in [5.74, 6) is 0.945. The first kappa shape index (κ1) is 18.2. The van der Waals surface area contributed by atoms with Crippen LogP contribution in [0.5, 0.6) is 0 Å². The molecule has 1 aliphatic carbocycles. The Balaban J connectivity index is 1.30. The van der Waals surface area contributed by atoms with Crippen LogP contribution in [0.2, 0.25) is 0 Å². The van der Waals surface area contributed by atoms with E-state index in [0.717, 1.165) is 48.4 Å². The molecule has 1 N–H and O–H groups in total. The zero-order valence-corrected chi connectivity index (χ0v) is 16.5. The van der Waals surface area contributed by atoms with Crippen LogP contribution in [0, 0.1) is 0 Å². The van der Waals surface area contributed by atoms with Crippen LogP contribution in [-0.2, 0) is 0 Å². The minimum absolute atomic E-state index is 0.570. The highest BCUT2D eigenvalue weighted by atomic mass is 32.1. The Morgan fingerprint density at radius 2 is 1.63 bits per heavy atom. The standard InChI is InChI=1S/C21H27N5S/c27-21(22-18-9-5-2-6-10-18)26-15-13-25(14-16-26)20-12-11-19(23-24-20)17-7-3-1-4-8-17/h1,3-4,7-8,11-12,18H,2,5-6,9-10,13-16H2,(H,22,27). The van der Waals surface area contributed by atoms with Crippen molar-refractivity contribution in [2.75, 3.05) is 31.1 Å². The van der Waals surface area contributed by atoms with E-state index in [4.69, 9.17) is 12.2 Å². The van der Waals surface area contributed by atoms with Crippen LogP contribution < -0.4 is 10.2 Å². The molecule has 1 aliphatic heterocycles. The van der Waals surface area contributed by atoms with Crippen molar-refractivity contribution in [1.29, 1.82) is 0 Å². The number of piperazine rings is 1. The van der Waals surface area contributed by atoms with Gasteiger partial charge in [-0.25, -0.2) is 0 Å². The lowest BCUT2D eigenvalue weighted by atomic mass is 9.96. The first-order chi connectivity index (χ1) is 13.3. The molecule has 2 heterocycles. The number of anilines is 1. The minimum atomic E-state index is 0.570. The average Bonchev–Trinajstić information content (AvgIpc) is 2.75. The zero-order valence-electron chi connectivity index (χ0n) is 15.7. The predicted molar refractivity (Wildman–Crippen MR) is 114 cm³/mol. The molecule has 0 amide bonds. The molecule has 6 heteroatoms. The number of benzene rings is 1. The van der Waals surface area contributed by atoms with E-state index in [0.29, 0.717) is 6.04 Å². The van der Waals surface area contributed by atoms with Gasteiger partial charge in [-0.3, -0.25) is 0 Å². The highest BCUT2D eigenvalue weighted by Crippen LogP contribution is 2.20. The second-order valence-electron chi connectivity index (χ2n) is 7.40. The van der Waals surface area contributed by atoms with Crippen molar-refractivity contribution in [2.24, 2.45) is 0 Å². The van der Waals surface area contributed by atoms with Gasteiger partial charge >= 0.3 is 0 Å². The predicted octanol–water partition coefficient (Wildman–Crippen LogP) is 3.47. The van der Waals surface area contributed by atoms with Crippen molar-refractivity contribution in [3.63, 3.8) is 0 Å². The monoisotopic (exact) mass is 381 g/mol. The van der Waals surface area contributed by atoms with Crippen LogP contribution in [0.3, 0.4) is 0 Å². The molecule has 142 valence electrons. The van der Waals surface area contributed by atoms with Gasteiger partial charge in [-0.05, 0) is 37.2 Å². The molecule has 4 rings (SSSR count). The fraction of sp³-hybridized carbons (Fsp3) is 0.476. The SMILES string of the molecule is S=C(NC1CCCCC1)N1CCN(c2ccc(-c3ccccc3)nn2)CC1. The van der Waals surface area contributed by atoms with Gasteiger partial charge in [0.2, 0.25) is 0 Å². The highest BCUT2D eigenvalue weighted by molar-refractivity contribution is 7.80. The Bertz CT molecular complexity index is 735. The largest absolute Gasteiger partial charge is 0.360 e. The lowest BCUT2D eigenvalue weighted by molar-refractivity contribution is 0.354. The third-order valence-corrected chi connectivity index (χ3v) is 5.92. The molecule has 1 aromatic carbocycles. The summed E-state index contributed by atoms with van der Waals surface area (Å²) in [6.07, 6.45) is 6.53. The lowest BCUT2D eigenvalue weighted by Crippen LogP contribution is -2.53. The summed E-state index contributed by atoms with van der Waals surface area (Å²) < 4.78 is 0. The summed E-state index contributed by atoms with van der Waals surface area (Å²) in [6, 6.07) is 14.9. The van der Waals surface area contributed by atoms with Gasteiger partial charge in [0, 0.05) is 37.8 Å². The van der Waals surface area contributed by atoms with Gasteiger partial charge in [0.05, 0.1) is 5.69 Å². The molecule has 0 spiro atoms. The van der Waals surface area contributed by atoms with E-state index < -0.39 is 0 Å². The van der Waals surface area contributed by atoms with Gasteiger partial charge < -0.3 is 15.1 Å². The normalized spacial score (nSPS) is 18.4. The molecule has 2 aliphatic rings. The molecule has 2 aromatic rings. The van der Waals surface area contributed by atoms with E-state index in [1.807, 2.05) is 18.2 Å². The van der Waals surface area contributed by atoms with Gasteiger partial charge in [-0.15, -0.1) is 10.2 Å². The first-order valence-corrected chi connectivity index (χ1v) is 10.4. The van der Waals surface area contributed by atoms with E-state index in [2.05, 4.69) is 49.6 Å². The van der Waals surface area contributed by atoms with E-state index in [-0.39, 0.29) is 0 Å². The van der Waals surface area contributed by atoms with Crippen LogP contribution in [0.15, 0.2) is 42.5 Å². The Labute approximate surface area is 166 Å². The highest BCUT2D eigenvalue weighted by Gasteiger charge is 2.22. The Hall–Kier alpha value is -2.21. The fourth-order valence-electron chi connectivity index (χ4n) is 3.91. The molecular weight excluding hydrogens is 354 g/mol. The number of rotatable bonds is 3. The molecule has 1 saturated heterocycles. The summed E-state index contributed by atoms with van der Waals surface area (Å²) in [6.45, 7) is 3.71. The van der Waals surface area contributed by atoms with E-state index in [9.17, 15) is 0 Å². The Morgan fingerprint density at radius 1 is 0.889 bits per heavy atom. The van der Waals surface area contributed by atoms with Crippen molar-refractivity contribution in [3.05, 3.63) is 42.5 Å². The number of nitrogens with one attached hydrogen (secondary N) is 1. The first-order valence-electron chi connectivity index (χ1n) is 9.99. The van der Waals surface area contributed by atoms with Gasteiger partial charge in [0.1, 0.15) is 0 Å². The van der Waals surface area contributed by atoms with E-state index in [1.54, 1.807) is 0 Å². The number of thiocarbonyl (C=S) groups is 1. The maximum absolute atomic E-state index is 5.65. The van der Waals surface area contributed by atoms with Crippen LogP contribution in [0.25, 0.3) is 11.3 Å². The quantitative estimate of drug-likeness (QED) is 0.822. The van der Waals surface area contributed by atoms with Crippen molar-refractivity contribution in [2.45, 2.75) is 38.1 Å². The minimum Gasteiger partial charge on any atom is -0.360 e. The molecule has 2 fully saturated rings. The summed E-state index contributed by atoms with van der Waals surface area (Å²) >= 11 is 5.65. The molecule has 1 saturated carbocycles.